The monoisotopic (exact) mass is 388 g/mol. The number of hydrogen-bond acceptors (Lipinski definition) is 5. The SMILES string of the molecule is O=C1NCC2(CCOCC2)N1C1CCN(S(=O)(=O)N2CCOCC2)CC1. The topological polar surface area (TPSA) is 91.4 Å². The first-order chi connectivity index (χ1) is 12.5. The molecule has 4 aliphatic rings. The number of ether oxygens (including phenoxy) is 2. The lowest BCUT2D eigenvalue weighted by molar-refractivity contribution is -0.0124. The van der Waals surface area contributed by atoms with E-state index in [1.165, 1.54) is 4.31 Å². The van der Waals surface area contributed by atoms with Crippen molar-refractivity contribution in [2.75, 3.05) is 59.2 Å². The van der Waals surface area contributed by atoms with E-state index in [9.17, 15) is 13.2 Å². The minimum Gasteiger partial charge on any atom is -0.381 e. The summed E-state index contributed by atoms with van der Waals surface area (Å²) in [5.74, 6) is 0. The van der Waals surface area contributed by atoms with E-state index < -0.39 is 10.2 Å². The maximum absolute atomic E-state index is 12.8. The molecule has 0 radical (unpaired) electrons. The zero-order valence-electron chi connectivity index (χ0n) is 15.1. The molecule has 1 N–H and O–H groups in total. The highest BCUT2D eigenvalue weighted by Gasteiger charge is 2.50. The summed E-state index contributed by atoms with van der Waals surface area (Å²) in [7, 11) is -3.43. The molecule has 1 spiro atoms. The van der Waals surface area contributed by atoms with Crippen LogP contribution in [0.3, 0.4) is 0 Å². The Labute approximate surface area is 154 Å². The average Bonchev–Trinajstić information content (AvgIpc) is 2.99. The second-order valence-electron chi connectivity index (χ2n) is 7.51. The second-order valence-corrected chi connectivity index (χ2v) is 9.44. The normalized spacial score (nSPS) is 29.2. The molecule has 0 aromatic rings. The number of amides is 2. The number of nitrogens with zero attached hydrogens (tertiary/aromatic N) is 3. The molecule has 4 saturated heterocycles. The largest absolute Gasteiger partial charge is 0.381 e. The average molecular weight is 388 g/mol. The van der Waals surface area contributed by atoms with Gasteiger partial charge in [0.1, 0.15) is 0 Å². The maximum atomic E-state index is 12.8. The first kappa shape index (κ1) is 18.4. The first-order valence-corrected chi connectivity index (χ1v) is 10.9. The summed E-state index contributed by atoms with van der Waals surface area (Å²) in [4.78, 5) is 14.5. The van der Waals surface area contributed by atoms with Crippen LogP contribution in [-0.2, 0) is 19.7 Å². The van der Waals surface area contributed by atoms with Crippen molar-refractivity contribution in [2.45, 2.75) is 37.3 Å². The van der Waals surface area contributed by atoms with Gasteiger partial charge in [-0.15, -0.1) is 0 Å². The standard InChI is InChI=1S/C16H28N4O5S/c21-15-17-13-16(3-9-24-10-4-16)20(15)14-1-5-18(6-2-14)26(22,23)19-7-11-25-12-8-19/h14H,1-13H2,(H,17,21). The summed E-state index contributed by atoms with van der Waals surface area (Å²) >= 11 is 0. The molecule has 10 heteroatoms. The zero-order valence-corrected chi connectivity index (χ0v) is 15.9. The lowest BCUT2D eigenvalue weighted by Gasteiger charge is -2.46. The van der Waals surface area contributed by atoms with E-state index in [2.05, 4.69) is 5.32 Å². The van der Waals surface area contributed by atoms with Crippen LogP contribution in [0, 0.1) is 0 Å². The van der Waals surface area contributed by atoms with Crippen molar-refractivity contribution < 1.29 is 22.7 Å². The number of rotatable bonds is 3. The van der Waals surface area contributed by atoms with Crippen LogP contribution in [0.25, 0.3) is 0 Å². The van der Waals surface area contributed by atoms with Crippen LogP contribution in [0.1, 0.15) is 25.7 Å². The molecule has 0 bridgehead atoms. The van der Waals surface area contributed by atoms with Crippen molar-refractivity contribution in [2.24, 2.45) is 0 Å². The third kappa shape index (κ3) is 3.22. The predicted octanol–water partition coefficient (Wildman–Crippen LogP) is -0.398. The van der Waals surface area contributed by atoms with E-state index in [1.807, 2.05) is 4.90 Å². The van der Waals surface area contributed by atoms with Gasteiger partial charge in [0.05, 0.1) is 18.8 Å². The molecule has 0 atom stereocenters. The van der Waals surface area contributed by atoms with Gasteiger partial charge in [-0.2, -0.15) is 17.0 Å². The summed E-state index contributed by atoms with van der Waals surface area (Å²) < 4.78 is 39.5. The van der Waals surface area contributed by atoms with Gasteiger partial charge in [-0.25, -0.2) is 4.79 Å². The molecule has 0 aromatic carbocycles. The quantitative estimate of drug-likeness (QED) is 0.711. The van der Waals surface area contributed by atoms with E-state index in [0.717, 1.165) is 12.8 Å². The Bertz CT molecular complexity index is 623. The molecule has 148 valence electrons. The van der Waals surface area contributed by atoms with Crippen LogP contribution >= 0.6 is 0 Å². The molecule has 0 unspecified atom stereocenters. The highest BCUT2D eigenvalue weighted by molar-refractivity contribution is 7.86. The highest BCUT2D eigenvalue weighted by atomic mass is 32.2. The molecular formula is C16H28N4O5S. The molecule has 4 rings (SSSR count). The van der Waals surface area contributed by atoms with Gasteiger partial charge in [0.2, 0.25) is 0 Å². The molecule has 4 heterocycles. The number of hydrogen-bond donors (Lipinski definition) is 1. The van der Waals surface area contributed by atoms with Gasteiger partial charge >= 0.3 is 6.03 Å². The Morgan fingerprint density at radius 2 is 1.50 bits per heavy atom. The lowest BCUT2D eigenvalue weighted by atomic mass is 9.87. The van der Waals surface area contributed by atoms with Crippen LogP contribution < -0.4 is 5.32 Å². The summed E-state index contributed by atoms with van der Waals surface area (Å²) in [6, 6.07) is 0.0770. The van der Waals surface area contributed by atoms with Gasteiger partial charge in [0.15, 0.2) is 0 Å². The number of morpholine rings is 1. The molecule has 9 nitrogen and oxygen atoms in total. The van der Waals surface area contributed by atoms with E-state index in [1.54, 1.807) is 4.31 Å². The highest BCUT2D eigenvalue weighted by Crippen LogP contribution is 2.36. The molecule has 0 aromatic heterocycles. The summed E-state index contributed by atoms with van der Waals surface area (Å²) in [6.45, 7) is 4.68. The zero-order chi connectivity index (χ0) is 18.2. The van der Waals surface area contributed by atoms with Gasteiger partial charge in [-0.1, -0.05) is 0 Å². The van der Waals surface area contributed by atoms with Gasteiger partial charge in [-0.05, 0) is 25.7 Å². The fourth-order valence-electron chi connectivity index (χ4n) is 4.62. The number of piperidine rings is 1. The molecule has 4 aliphatic heterocycles. The van der Waals surface area contributed by atoms with Crippen molar-refractivity contribution in [3.05, 3.63) is 0 Å². The van der Waals surface area contributed by atoms with E-state index in [4.69, 9.17) is 9.47 Å². The van der Waals surface area contributed by atoms with Gasteiger partial charge in [0, 0.05) is 52.0 Å². The van der Waals surface area contributed by atoms with Crippen molar-refractivity contribution in [1.29, 1.82) is 0 Å². The summed E-state index contributed by atoms with van der Waals surface area (Å²) in [5, 5.41) is 3.00. The van der Waals surface area contributed by atoms with Crippen LogP contribution in [0.2, 0.25) is 0 Å². The summed E-state index contributed by atoms with van der Waals surface area (Å²) in [5.41, 5.74) is -0.161. The maximum Gasteiger partial charge on any atom is 0.318 e. The molecule has 26 heavy (non-hydrogen) atoms. The number of carbonyl (C=O) groups is 1. The fourth-order valence-corrected chi connectivity index (χ4v) is 6.23. The minimum absolute atomic E-state index is 0.0126. The van der Waals surface area contributed by atoms with Crippen LogP contribution in [0.15, 0.2) is 0 Å². The predicted molar refractivity (Wildman–Crippen MR) is 93.9 cm³/mol. The Morgan fingerprint density at radius 3 is 2.15 bits per heavy atom. The fraction of sp³-hybridized carbons (Fsp3) is 0.938. The van der Waals surface area contributed by atoms with Crippen LogP contribution in [0.4, 0.5) is 4.79 Å². The second kappa shape index (κ2) is 7.23. The first-order valence-electron chi connectivity index (χ1n) is 9.51. The Balaban J connectivity index is 1.42. The third-order valence-electron chi connectivity index (χ3n) is 6.13. The Kier molecular flexibility index (Phi) is 5.13. The summed E-state index contributed by atoms with van der Waals surface area (Å²) in [6.07, 6.45) is 3.05. The molecule has 0 saturated carbocycles. The van der Waals surface area contributed by atoms with Crippen LogP contribution in [0.5, 0.6) is 0 Å². The van der Waals surface area contributed by atoms with Gasteiger partial charge in [-0.3, -0.25) is 0 Å². The number of nitrogens with one attached hydrogen (secondary N) is 1. The van der Waals surface area contributed by atoms with Crippen molar-refractivity contribution >= 4 is 16.2 Å². The van der Waals surface area contributed by atoms with Crippen molar-refractivity contribution in [3.63, 3.8) is 0 Å². The van der Waals surface area contributed by atoms with E-state index in [-0.39, 0.29) is 17.6 Å². The van der Waals surface area contributed by atoms with Crippen molar-refractivity contribution in [1.82, 2.24) is 18.8 Å². The van der Waals surface area contributed by atoms with Crippen LogP contribution in [-0.4, -0.2) is 98.7 Å². The van der Waals surface area contributed by atoms with Crippen molar-refractivity contribution in [3.8, 4) is 0 Å². The minimum atomic E-state index is -3.43. The molecule has 2 amide bonds. The number of urea groups is 1. The Morgan fingerprint density at radius 1 is 0.923 bits per heavy atom. The molecule has 0 aliphatic carbocycles. The molecular weight excluding hydrogens is 360 g/mol. The smallest absolute Gasteiger partial charge is 0.318 e. The van der Waals surface area contributed by atoms with Gasteiger partial charge in [0.25, 0.3) is 10.2 Å². The lowest BCUT2D eigenvalue weighted by Crippen LogP contribution is -2.58. The number of carbonyl (C=O) groups excluding carboxylic acids is 1. The molecule has 4 fully saturated rings. The Hall–Kier alpha value is -0.940. The van der Waals surface area contributed by atoms with Gasteiger partial charge < -0.3 is 19.7 Å². The van der Waals surface area contributed by atoms with E-state index >= 15 is 0 Å². The van der Waals surface area contributed by atoms with E-state index in [0.29, 0.717) is 72.0 Å². The third-order valence-corrected chi connectivity index (χ3v) is 8.17.